The molecular weight excluding hydrogens is 420 g/mol. The van der Waals surface area contributed by atoms with Gasteiger partial charge >= 0.3 is 5.97 Å². The summed E-state index contributed by atoms with van der Waals surface area (Å²) in [5.41, 5.74) is 1.60. The smallest absolute Gasteiger partial charge is 0.322 e. The Hall–Kier alpha value is -2.52. The number of unbranched alkanes of at least 4 members (excludes halogenated alkanes) is 2. The normalized spacial score (nSPS) is 14.9. The number of aliphatic carboxylic acids is 1. The van der Waals surface area contributed by atoms with Crippen molar-refractivity contribution in [1.82, 2.24) is 4.72 Å². The summed E-state index contributed by atoms with van der Waals surface area (Å²) < 4.78 is 32.0. The summed E-state index contributed by atoms with van der Waals surface area (Å²) >= 11 is 0. The fourth-order valence-corrected chi connectivity index (χ4v) is 4.46. The van der Waals surface area contributed by atoms with E-state index in [4.69, 9.17) is 4.74 Å². The van der Waals surface area contributed by atoms with E-state index in [0.717, 1.165) is 25.0 Å². The predicted molar refractivity (Wildman–Crippen MR) is 119 cm³/mol. The number of carboxylic acid groups (broad SMARTS) is 1. The summed E-state index contributed by atoms with van der Waals surface area (Å²) in [5, 5.41) is 9.37. The Labute approximate surface area is 183 Å². The highest BCUT2D eigenvalue weighted by atomic mass is 32.2. The van der Waals surface area contributed by atoms with Crippen molar-refractivity contribution >= 4 is 27.5 Å². The first kappa shape index (κ1) is 24.7. The molecule has 0 aliphatic carbocycles. The SMILES string of the molecule is CCCCS(=O)(=O)NC(Cc1ccc(OCCCCC2=NC=CC(=O)C2)cc1)C(=O)O. The molecule has 1 unspecified atom stereocenters. The molecule has 0 spiro atoms. The number of aliphatic imine (C=N–C) groups is 1. The fraction of sp³-hybridized carbons (Fsp3) is 0.500. The third-order valence-electron chi connectivity index (χ3n) is 4.77. The number of sulfonamides is 1. The van der Waals surface area contributed by atoms with Crippen molar-refractivity contribution < 1.29 is 27.9 Å². The second kappa shape index (κ2) is 12.4. The maximum absolute atomic E-state index is 12.0. The minimum absolute atomic E-state index is 0.0518. The maximum atomic E-state index is 12.0. The van der Waals surface area contributed by atoms with Gasteiger partial charge in [0.1, 0.15) is 11.8 Å². The molecule has 1 atom stereocenters. The zero-order chi connectivity index (χ0) is 22.7. The molecule has 0 amide bonds. The van der Waals surface area contributed by atoms with E-state index in [2.05, 4.69) is 9.71 Å². The molecule has 0 aromatic heterocycles. The summed E-state index contributed by atoms with van der Waals surface area (Å²) in [6.45, 7) is 2.39. The molecule has 31 heavy (non-hydrogen) atoms. The number of rotatable bonds is 14. The molecule has 1 heterocycles. The van der Waals surface area contributed by atoms with Gasteiger partial charge in [-0.1, -0.05) is 25.5 Å². The van der Waals surface area contributed by atoms with E-state index in [1.807, 2.05) is 6.92 Å². The topological polar surface area (TPSA) is 122 Å². The van der Waals surface area contributed by atoms with Crippen molar-refractivity contribution in [1.29, 1.82) is 0 Å². The summed E-state index contributed by atoms with van der Waals surface area (Å²) in [6, 6.07) is 5.75. The average Bonchev–Trinajstić information content (AvgIpc) is 2.72. The van der Waals surface area contributed by atoms with Crippen LogP contribution in [-0.4, -0.2) is 49.4 Å². The predicted octanol–water partition coefficient (Wildman–Crippen LogP) is 2.88. The van der Waals surface area contributed by atoms with Crippen LogP contribution < -0.4 is 9.46 Å². The van der Waals surface area contributed by atoms with E-state index in [9.17, 15) is 23.1 Å². The molecule has 0 saturated carbocycles. The van der Waals surface area contributed by atoms with Crippen LogP contribution in [-0.2, 0) is 26.0 Å². The van der Waals surface area contributed by atoms with Crippen LogP contribution in [0.2, 0.25) is 0 Å². The van der Waals surface area contributed by atoms with Crippen LogP contribution in [0.4, 0.5) is 0 Å². The summed E-state index contributed by atoms with van der Waals surface area (Å²) in [5.74, 6) is -0.548. The number of hydrogen-bond acceptors (Lipinski definition) is 6. The first-order chi connectivity index (χ1) is 14.8. The molecule has 0 radical (unpaired) electrons. The van der Waals surface area contributed by atoms with Crippen molar-refractivity contribution in [2.75, 3.05) is 12.4 Å². The van der Waals surface area contributed by atoms with E-state index >= 15 is 0 Å². The lowest BCUT2D eigenvalue weighted by atomic mass is 10.1. The highest BCUT2D eigenvalue weighted by Gasteiger charge is 2.24. The first-order valence-corrected chi connectivity index (χ1v) is 12.1. The number of allylic oxidation sites excluding steroid dienone is 1. The van der Waals surface area contributed by atoms with Gasteiger partial charge in [0, 0.05) is 18.3 Å². The van der Waals surface area contributed by atoms with Gasteiger partial charge in [0.15, 0.2) is 5.78 Å². The van der Waals surface area contributed by atoms with Crippen molar-refractivity contribution in [2.45, 2.75) is 57.9 Å². The molecule has 170 valence electrons. The van der Waals surface area contributed by atoms with Crippen LogP contribution in [0.3, 0.4) is 0 Å². The van der Waals surface area contributed by atoms with Crippen LogP contribution in [0.25, 0.3) is 0 Å². The van der Waals surface area contributed by atoms with Crippen molar-refractivity contribution in [2.24, 2.45) is 4.99 Å². The Kier molecular flexibility index (Phi) is 9.87. The highest BCUT2D eigenvalue weighted by molar-refractivity contribution is 7.89. The highest BCUT2D eigenvalue weighted by Crippen LogP contribution is 2.15. The fourth-order valence-electron chi connectivity index (χ4n) is 3.05. The third kappa shape index (κ3) is 9.44. The number of hydrogen-bond donors (Lipinski definition) is 2. The quantitative estimate of drug-likeness (QED) is 0.420. The summed E-state index contributed by atoms with van der Waals surface area (Å²) in [4.78, 5) is 27.0. The summed E-state index contributed by atoms with van der Waals surface area (Å²) in [7, 11) is -3.63. The number of ether oxygens (including phenoxy) is 1. The average molecular weight is 451 g/mol. The van der Waals surface area contributed by atoms with Gasteiger partial charge in [-0.05, 0) is 55.9 Å². The molecular formula is C22H30N2O6S. The number of nitrogens with zero attached hydrogens (tertiary/aromatic N) is 1. The molecule has 1 aromatic carbocycles. The summed E-state index contributed by atoms with van der Waals surface area (Å²) in [6.07, 6.45) is 7.13. The van der Waals surface area contributed by atoms with Gasteiger partial charge in [-0.3, -0.25) is 14.6 Å². The van der Waals surface area contributed by atoms with Gasteiger partial charge < -0.3 is 9.84 Å². The second-order valence-corrected chi connectivity index (χ2v) is 9.36. The van der Waals surface area contributed by atoms with E-state index in [1.54, 1.807) is 30.5 Å². The Bertz CT molecular complexity index is 906. The largest absolute Gasteiger partial charge is 0.494 e. The van der Waals surface area contributed by atoms with E-state index < -0.39 is 22.0 Å². The number of nitrogens with one attached hydrogen (secondary N) is 1. The number of carbonyl (C=O) groups excluding carboxylic acids is 1. The minimum Gasteiger partial charge on any atom is -0.494 e. The lowest BCUT2D eigenvalue weighted by Crippen LogP contribution is -2.43. The van der Waals surface area contributed by atoms with E-state index in [0.29, 0.717) is 37.2 Å². The van der Waals surface area contributed by atoms with Crippen LogP contribution in [0, 0.1) is 0 Å². The molecule has 2 rings (SSSR count). The molecule has 2 N–H and O–H groups in total. The monoisotopic (exact) mass is 450 g/mol. The van der Waals surface area contributed by atoms with Crippen LogP contribution in [0.5, 0.6) is 5.75 Å². The van der Waals surface area contributed by atoms with Gasteiger partial charge in [0.2, 0.25) is 10.0 Å². The molecule has 0 saturated heterocycles. The number of carbonyl (C=O) groups is 2. The first-order valence-electron chi connectivity index (χ1n) is 10.5. The molecule has 8 nitrogen and oxygen atoms in total. The molecule has 9 heteroatoms. The van der Waals surface area contributed by atoms with Crippen LogP contribution in [0.15, 0.2) is 41.5 Å². The second-order valence-electron chi connectivity index (χ2n) is 7.49. The Morgan fingerprint density at radius 3 is 2.61 bits per heavy atom. The molecule has 0 bridgehead atoms. The zero-order valence-electron chi connectivity index (χ0n) is 17.7. The van der Waals surface area contributed by atoms with Crippen molar-refractivity contribution in [3.63, 3.8) is 0 Å². The van der Waals surface area contributed by atoms with E-state index in [1.165, 1.54) is 6.08 Å². The van der Waals surface area contributed by atoms with Gasteiger partial charge in [-0.25, -0.2) is 13.1 Å². The van der Waals surface area contributed by atoms with Crippen LogP contribution in [0.1, 0.15) is 51.0 Å². The minimum atomic E-state index is -3.63. The number of benzene rings is 1. The number of carboxylic acids is 1. The Morgan fingerprint density at radius 1 is 1.23 bits per heavy atom. The van der Waals surface area contributed by atoms with Crippen molar-refractivity contribution in [3.05, 3.63) is 42.1 Å². The molecule has 1 aromatic rings. The molecule has 0 fully saturated rings. The Balaban J connectivity index is 1.77. The standard InChI is InChI=1S/C22H30N2O6S/c1-2-3-14-31(28,29)24-21(22(26)27)15-17-7-9-20(10-8-17)30-13-5-4-6-18-16-19(25)11-12-23-18/h7-12,21,24H,2-6,13-16H2,1H3,(H,26,27). The van der Waals surface area contributed by atoms with Crippen molar-refractivity contribution in [3.8, 4) is 5.75 Å². The van der Waals surface area contributed by atoms with E-state index in [-0.39, 0.29) is 18.0 Å². The van der Waals surface area contributed by atoms with Gasteiger partial charge in [-0.2, -0.15) is 0 Å². The van der Waals surface area contributed by atoms with Gasteiger partial charge in [-0.15, -0.1) is 0 Å². The van der Waals surface area contributed by atoms with Gasteiger partial charge in [0.05, 0.1) is 12.4 Å². The lowest BCUT2D eigenvalue weighted by Gasteiger charge is -2.15. The zero-order valence-corrected chi connectivity index (χ0v) is 18.6. The Morgan fingerprint density at radius 2 is 1.97 bits per heavy atom. The molecule has 1 aliphatic heterocycles. The molecule has 1 aliphatic rings. The lowest BCUT2D eigenvalue weighted by molar-refractivity contribution is -0.138. The third-order valence-corrected chi connectivity index (χ3v) is 6.24. The maximum Gasteiger partial charge on any atom is 0.322 e. The van der Waals surface area contributed by atoms with Gasteiger partial charge in [0.25, 0.3) is 0 Å². The van der Waals surface area contributed by atoms with Crippen LogP contribution >= 0.6 is 0 Å². The number of ketones is 1.